The smallest absolute Gasteiger partial charge is 0.256 e. The van der Waals surface area contributed by atoms with Gasteiger partial charge in [-0.05, 0) is 44.7 Å². The van der Waals surface area contributed by atoms with E-state index >= 15 is 0 Å². The molecule has 4 nitrogen and oxygen atoms in total. The van der Waals surface area contributed by atoms with E-state index in [0.717, 1.165) is 35.0 Å². The van der Waals surface area contributed by atoms with Crippen molar-refractivity contribution < 1.29 is 4.79 Å². The molecule has 3 aliphatic heterocycles. The van der Waals surface area contributed by atoms with Gasteiger partial charge in [0.1, 0.15) is 0 Å². The fourth-order valence-corrected chi connectivity index (χ4v) is 4.78. The highest BCUT2D eigenvalue weighted by atomic mass is 16.2. The Balaban J connectivity index is 1.50. The first-order valence-corrected chi connectivity index (χ1v) is 8.59. The van der Waals surface area contributed by atoms with Crippen molar-refractivity contribution in [3.05, 3.63) is 41.6 Å². The third kappa shape index (κ3) is 2.01. The third-order valence-corrected chi connectivity index (χ3v) is 5.89. The van der Waals surface area contributed by atoms with Crippen LogP contribution in [0.5, 0.6) is 0 Å². The lowest BCUT2D eigenvalue weighted by Crippen LogP contribution is -2.53. The first-order valence-electron chi connectivity index (χ1n) is 8.59. The molecular weight excluding hydrogens is 286 g/mol. The Morgan fingerprint density at radius 1 is 1.35 bits per heavy atom. The molecule has 1 N–H and O–H groups in total. The van der Waals surface area contributed by atoms with E-state index in [2.05, 4.69) is 17.1 Å². The second kappa shape index (κ2) is 4.54. The van der Waals surface area contributed by atoms with Gasteiger partial charge in [0.25, 0.3) is 5.91 Å². The van der Waals surface area contributed by atoms with Crippen LogP contribution < -0.4 is 5.32 Å². The minimum atomic E-state index is 0.174. The lowest BCUT2D eigenvalue weighted by Gasteiger charge is -2.40. The van der Waals surface area contributed by atoms with E-state index < -0.39 is 0 Å². The van der Waals surface area contributed by atoms with E-state index in [0.29, 0.717) is 18.6 Å². The molecule has 4 heteroatoms. The number of carbonyl (C=O) groups excluding carboxylic acids is 1. The van der Waals surface area contributed by atoms with E-state index in [9.17, 15) is 4.79 Å². The average molecular weight is 307 g/mol. The van der Waals surface area contributed by atoms with E-state index in [1.165, 1.54) is 12.8 Å². The van der Waals surface area contributed by atoms with Gasteiger partial charge in [-0.15, -0.1) is 0 Å². The van der Waals surface area contributed by atoms with Crippen LogP contribution in [0.15, 0.2) is 30.3 Å². The van der Waals surface area contributed by atoms with Crippen LogP contribution in [-0.2, 0) is 6.54 Å². The van der Waals surface area contributed by atoms with Crippen LogP contribution in [0.25, 0.3) is 10.9 Å². The van der Waals surface area contributed by atoms with Gasteiger partial charge < -0.3 is 10.2 Å². The second-order valence-corrected chi connectivity index (χ2v) is 7.64. The molecule has 3 atom stereocenters. The number of hydrogen-bond donors (Lipinski definition) is 1. The molecule has 2 saturated heterocycles. The van der Waals surface area contributed by atoms with Gasteiger partial charge in [0.2, 0.25) is 0 Å². The molecular formula is C19H21N3O. The summed E-state index contributed by atoms with van der Waals surface area (Å²) in [7, 11) is 0. The van der Waals surface area contributed by atoms with Crippen molar-refractivity contribution >= 4 is 16.8 Å². The highest BCUT2D eigenvalue weighted by Gasteiger charge is 2.46. The Bertz CT molecular complexity index is 817. The fourth-order valence-electron chi connectivity index (χ4n) is 4.78. The molecule has 1 aromatic heterocycles. The van der Waals surface area contributed by atoms with Gasteiger partial charge >= 0.3 is 0 Å². The second-order valence-electron chi connectivity index (χ2n) is 7.64. The van der Waals surface area contributed by atoms with E-state index in [1.54, 1.807) is 0 Å². The lowest BCUT2D eigenvalue weighted by atomic mass is 9.88. The average Bonchev–Trinajstić information content (AvgIpc) is 3.01. The number of amides is 1. The van der Waals surface area contributed by atoms with Gasteiger partial charge in [-0.2, -0.15) is 0 Å². The van der Waals surface area contributed by atoms with Crippen LogP contribution in [0.4, 0.5) is 0 Å². The molecule has 1 aromatic carbocycles. The molecule has 2 bridgehead atoms. The number of aromatic nitrogens is 1. The van der Waals surface area contributed by atoms with Crippen LogP contribution in [0.2, 0.25) is 0 Å². The molecule has 3 unspecified atom stereocenters. The zero-order valence-corrected chi connectivity index (χ0v) is 13.4. The standard InChI is InChI=1S/C19H21N3O/c1-19-7-6-13(21-19)9-14(10-19)22-11-17-15(18(22)23)8-12-4-2-3-5-16(12)20-17/h2-5,8,13-14,21H,6-7,9-11H2,1H3. The number of piperidine rings is 1. The Kier molecular flexibility index (Phi) is 2.66. The zero-order chi connectivity index (χ0) is 15.6. The summed E-state index contributed by atoms with van der Waals surface area (Å²) >= 11 is 0. The molecule has 4 heterocycles. The highest BCUT2D eigenvalue weighted by molar-refractivity contribution is 6.01. The minimum absolute atomic E-state index is 0.174. The molecule has 2 fully saturated rings. The predicted molar refractivity (Wildman–Crippen MR) is 89.2 cm³/mol. The molecule has 2 aromatic rings. The molecule has 1 amide bonds. The van der Waals surface area contributed by atoms with Crippen LogP contribution in [0.1, 0.15) is 48.7 Å². The van der Waals surface area contributed by atoms with Crippen LogP contribution in [0, 0.1) is 0 Å². The maximum absolute atomic E-state index is 12.9. The molecule has 0 spiro atoms. The molecule has 0 saturated carbocycles. The number of fused-ring (bicyclic) bond motifs is 4. The molecule has 118 valence electrons. The summed E-state index contributed by atoms with van der Waals surface area (Å²) in [6.45, 7) is 2.98. The summed E-state index contributed by atoms with van der Waals surface area (Å²) < 4.78 is 0. The van der Waals surface area contributed by atoms with Crippen LogP contribution in [0.3, 0.4) is 0 Å². The van der Waals surface area contributed by atoms with Gasteiger partial charge in [0, 0.05) is 23.0 Å². The van der Waals surface area contributed by atoms with E-state index in [1.807, 2.05) is 30.3 Å². The third-order valence-electron chi connectivity index (χ3n) is 5.89. The van der Waals surface area contributed by atoms with E-state index in [4.69, 9.17) is 4.98 Å². The van der Waals surface area contributed by atoms with Crippen LogP contribution in [-0.4, -0.2) is 33.4 Å². The summed E-state index contributed by atoms with van der Waals surface area (Å²) in [6, 6.07) is 11.0. The van der Waals surface area contributed by atoms with Crippen LogP contribution >= 0.6 is 0 Å². The maximum Gasteiger partial charge on any atom is 0.256 e. The van der Waals surface area contributed by atoms with Crippen molar-refractivity contribution in [2.24, 2.45) is 0 Å². The lowest BCUT2D eigenvalue weighted by molar-refractivity contribution is 0.0602. The quantitative estimate of drug-likeness (QED) is 0.881. The topological polar surface area (TPSA) is 45.2 Å². The van der Waals surface area contributed by atoms with Gasteiger partial charge in [0.15, 0.2) is 0 Å². The number of rotatable bonds is 1. The first-order chi connectivity index (χ1) is 11.1. The summed E-state index contributed by atoms with van der Waals surface area (Å²) in [6.07, 6.45) is 4.60. The fraction of sp³-hybridized carbons (Fsp3) is 0.474. The van der Waals surface area contributed by atoms with Gasteiger partial charge in [-0.3, -0.25) is 9.78 Å². The molecule has 5 rings (SSSR count). The van der Waals surface area contributed by atoms with Gasteiger partial charge in [-0.25, -0.2) is 0 Å². The van der Waals surface area contributed by atoms with Crippen molar-refractivity contribution in [3.8, 4) is 0 Å². The summed E-state index contributed by atoms with van der Waals surface area (Å²) in [4.78, 5) is 19.8. The van der Waals surface area contributed by atoms with Crippen molar-refractivity contribution in [1.82, 2.24) is 15.2 Å². The van der Waals surface area contributed by atoms with E-state index in [-0.39, 0.29) is 11.4 Å². The highest BCUT2D eigenvalue weighted by Crippen LogP contribution is 2.39. The number of pyridine rings is 1. The minimum Gasteiger partial charge on any atom is -0.330 e. The normalized spacial score (nSPS) is 32.6. The number of carbonyl (C=O) groups is 1. The molecule has 0 radical (unpaired) electrons. The maximum atomic E-state index is 12.9. The first kappa shape index (κ1) is 13.5. The SMILES string of the molecule is CC12CCC(CC(N3Cc4nc5ccccc5cc4C3=O)C1)N2. The summed E-state index contributed by atoms with van der Waals surface area (Å²) in [5.41, 5.74) is 2.95. The van der Waals surface area contributed by atoms with Gasteiger partial charge in [-0.1, -0.05) is 18.2 Å². The van der Waals surface area contributed by atoms with Crippen molar-refractivity contribution in [2.75, 3.05) is 0 Å². The molecule has 23 heavy (non-hydrogen) atoms. The molecule has 3 aliphatic rings. The number of hydrogen-bond acceptors (Lipinski definition) is 3. The largest absolute Gasteiger partial charge is 0.330 e. The zero-order valence-electron chi connectivity index (χ0n) is 13.4. The number of para-hydroxylation sites is 1. The Morgan fingerprint density at radius 3 is 3.09 bits per heavy atom. The number of benzene rings is 1. The molecule has 0 aliphatic carbocycles. The Morgan fingerprint density at radius 2 is 2.22 bits per heavy atom. The van der Waals surface area contributed by atoms with Crippen molar-refractivity contribution in [1.29, 1.82) is 0 Å². The monoisotopic (exact) mass is 307 g/mol. The summed E-state index contributed by atoms with van der Waals surface area (Å²) in [5, 5.41) is 4.78. The Hall–Kier alpha value is -1.94. The number of nitrogens with zero attached hydrogens (tertiary/aromatic N) is 2. The number of nitrogens with one attached hydrogen (secondary N) is 1. The summed E-state index contributed by atoms with van der Waals surface area (Å²) in [5.74, 6) is 0.174. The van der Waals surface area contributed by atoms with Crippen molar-refractivity contribution in [3.63, 3.8) is 0 Å². The van der Waals surface area contributed by atoms with Crippen molar-refractivity contribution in [2.45, 2.75) is 56.8 Å². The predicted octanol–water partition coefficient (Wildman–Crippen LogP) is 2.86. The van der Waals surface area contributed by atoms with Gasteiger partial charge in [0.05, 0.1) is 23.3 Å². The Labute approximate surface area is 135 Å².